The third-order valence-corrected chi connectivity index (χ3v) is 4.48. The Hall–Kier alpha value is -1.30. The maximum Gasteiger partial charge on any atom is 0.236 e. The molecule has 0 fully saturated rings. The molecule has 3 aromatic rings. The van der Waals surface area contributed by atoms with Crippen molar-refractivity contribution in [2.45, 2.75) is 5.16 Å². The number of para-hydroxylation sites is 2. The van der Waals surface area contributed by atoms with Gasteiger partial charge in [0.1, 0.15) is 0 Å². The van der Waals surface area contributed by atoms with Crippen molar-refractivity contribution < 1.29 is 4.79 Å². The second kappa shape index (κ2) is 4.76. The lowest BCUT2D eigenvalue weighted by Crippen LogP contribution is -1.89. The van der Waals surface area contributed by atoms with Crippen molar-refractivity contribution in [1.82, 2.24) is 9.97 Å². The Morgan fingerprint density at radius 1 is 1.28 bits per heavy atom. The van der Waals surface area contributed by atoms with E-state index in [1.807, 2.05) is 24.3 Å². The summed E-state index contributed by atoms with van der Waals surface area (Å²) in [6, 6.07) is 11.1. The number of imidazole rings is 1. The number of hydrogen-bond donors (Lipinski definition) is 1. The molecule has 0 aliphatic carbocycles. The Morgan fingerprint density at radius 3 is 2.83 bits per heavy atom. The number of aromatic nitrogens is 2. The fourth-order valence-corrected chi connectivity index (χ4v) is 3.32. The number of rotatable bonds is 2. The van der Waals surface area contributed by atoms with E-state index in [9.17, 15) is 4.79 Å². The monoisotopic (exact) mass is 294 g/mol. The molecular formula is C12H7ClN2OS2. The van der Waals surface area contributed by atoms with E-state index in [-0.39, 0.29) is 5.12 Å². The van der Waals surface area contributed by atoms with Crippen molar-refractivity contribution in [2.75, 3.05) is 0 Å². The van der Waals surface area contributed by atoms with Crippen molar-refractivity contribution in [1.29, 1.82) is 0 Å². The van der Waals surface area contributed by atoms with Crippen LogP contribution in [-0.2, 0) is 0 Å². The molecule has 0 saturated heterocycles. The molecule has 0 atom stereocenters. The van der Waals surface area contributed by atoms with Crippen molar-refractivity contribution in [3.8, 4) is 0 Å². The minimum absolute atomic E-state index is 0.0500. The van der Waals surface area contributed by atoms with Crippen LogP contribution in [0.15, 0.2) is 41.6 Å². The molecule has 90 valence electrons. The predicted octanol–water partition coefficient (Wildman–Crippen LogP) is 4.21. The first-order valence-electron chi connectivity index (χ1n) is 5.14. The average Bonchev–Trinajstić information content (AvgIpc) is 2.94. The van der Waals surface area contributed by atoms with Crippen LogP contribution in [0.2, 0.25) is 4.34 Å². The number of thioether (sulfide) groups is 1. The highest BCUT2D eigenvalue weighted by molar-refractivity contribution is 8.14. The topological polar surface area (TPSA) is 45.8 Å². The minimum Gasteiger partial charge on any atom is -0.333 e. The molecule has 0 amide bonds. The van der Waals surface area contributed by atoms with Crippen molar-refractivity contribution in [3.05, 3.63) is 45.6 Å². The summed E-state index contributed by atoms with van der Waals surface area (Å²) < 4.78 is 0.614. The lowest BCUT2D eigenvalue weighted by atomic mass is 10.3. The van der Waals surface area contributed by atoms with E-state index >= 15 is 0 Å². The smallest absolute Gasteiger partial charge is 0.236 e. The predicted molar refractivity (Wildman–Crippen MR) is 75.6 cm³/mol. The number of carbonyl (C=O) groups excluding carboxylic acids is 1. The molecule has 2 heterocycles. The summed E-state index contributed by atoms with van der Waals surface area (Å²) in [5, 5.41) is 0.552. The first-order chi connectivity index (χ1) is 8.72. The summed E-state index contributed by atoms with van der Waals surface area (Å²) in [5.41, 5.74) is 1.79. The van der Waals surface area contributed by atoms with E-state index in [1.165, 1.54) is 11.3 Å². The second-order valence-corrected chi connectivity index (χ2v) is 6.23. The van der Waals surface area contributed by atoms with Crippen LogP contribution in [0.4, 0.5) is 0 Å². The van der Waals surface area contributed by atoms with E-state index in [4.69, 9.17) is 11.6 Å². The fraction of sp³-hybridized carbons (Fsp3) is 0. The molecule has 3 nitrogen and oxygen atoms in total. The summed E-state index contributed by atoms with van der Waals surface area (Å²) in [6.07, 6.45) is 0. The number of halogens is 1. The van der Waals surface area contributed by atoms with Gasteiger partial charge in [-0.3, -0.25) is 4.79 Å². The van der Waals surface area contributed by atoms with Crippen LogP contribution in [0.1, 0.15) is 9.67 Å². The van der Waals surface area contributed by atoms with Crippen LogP contribution >= 0.6 is 34.7 Å². The van der Waals surface area contributed by atoms with E-state index in [2.05, 4.69) is 9.97 Å². The quantitative estimate of drug-likeness (QED) is 0.720. The van der Waals surface area contributed by atoms with E-state index < -0.39 is 0 Å². The van der Waals surface area contributed by atoms with Gasteiger partial charge in [0.2, 0.25) is 5.12 Å². The van der Waals surface area contributed by atoms with Gasteiger partial charge in [0.15, 0.2) is 5.16 Å². The number of carbonyl (C=O) groups is 1. The lowest BCUT2D eigenvalue weighted by molar-refractivity contribution is 0.109. The molecule has 6 heteroatoms. The first-order valence-corrected chi connectivity index (χ1v) is 7.16. The largest absolute Gasteiger partial charge is 0.333 e. The van der Waals surface area contributed by atoms with E-state index in [0.717, 1.165) is 22.8 Å². The molecule has 0 spiro atoms. The number of hydrogen-bond acceptors (Lipinski definition) is 4. The second-order valence-electron chi connectivity index (χ2n) is 3.55. The molecule has 0 bridgehead atoms. The van der Waals surface area contributed by atoms with Crippen LogP contribution in [0.5, 0.6) is 0 Å². The summed E-state index contributed by atoms with van der Waals surface area (Å²) in [7, 11) is 0. The molecule has 2 aromatic heterocycles. The number of nitrogens with zero attached hydrogens (tertiary/aromatic N) is 1. The van der Waals surface area contributed by atoms with Gasteiger partial charge in [0.05, 0.1) is 20.2 Å². The van der Waals surface area contributed by atoms with Gasteiger partial charge < -0.3 is 4.98 Å². The highest BCUT2D eigenvalue weighted by Crippen LogP contribution is 2.28. The Balaban J connectivity index is 1.86. The first kappa shape index (κ1) is 11.8. The van der Waals surface area contributed by atoms with Crippen molar-refractivity contribution in [3.63, 3.8) is 0 Å². The summed E-state index contributed by atoms with van der Waals surface area (Å²) in [6.45, 7) is 0. The summed E-state index contributed by atoms with van der Waals surface area (Å²) >= 11 is 8.16. The van der Waals surface area contributed by atoms with Crippen LogP contribution in [-0.4, -0.2) is 15.1 Å². The molecule has 0 aliphatic heterocycles. The van der Waals surface area contributed by atoms with Gasteiger partial charge in [-0.25, -0.2) is 4.98 Å². The van der Waals surface area contributed by atoms with Crippen LogP contribution in [0.25, 0.3) is 11.0 Å². The highest BCUT2D eigenvalue weighted by atomic mass is 35.5. The maximum absolute atomic E-state index is 12.0. The maximum atomic E-state index is 12.0. The average molecular weight is 295 g/mol. The number of benzene rings is 1. The normalized spacial score (nSPS) is 10.9. The Bertz CT molecular complexity index is 687. The third-order valence-electron chi connectivity index (χ3n) is 2.33. The molecular weight excluding hydrogens is 288 g/mol. The number of aromatic amines is 1. The van der Waals surface area contributed by atoms with E-state index in [1.54, 1.807) is 12.1 Å². The molecule has 1 aromatic carbocycles. The molecule has 0 radical (unpaired) electrons. The fourth-order valence-electron chi connectivity index (χ4n) is 1.54. The zero-order valence-corrected chi connectivity index (χ0v) is 11.4. The Kier molecular flexibility index (Phi) is 3.11. The Labute approximate surface area is 116 Å². The highest BCUT2D eigenvalue weighted by Gasteiger charge is 2.13. The number of thiophene rings is 1. The van der Waals surface area contributed by atoms with E-state index in [0.29, 0.717) is 14.4 Å². The summed E-state index contributed by atoms with van der Waals surface area (Å²) in [5.74, 6) is 0. The zero-order chi connectivity index (χ0) is 12.5. The Morgan fingerprint density at radius 2 is 2.11 bits per heavy atom. The molecule has 1 N–H and O–H groups in total. The molecule has 0 unspecified atom stereocenters. The number of H-pyrrole nitrogens is 1. The van der Waals surface area contributed by atoms with Crippen LogP contribution < -0.4 is 0 Å². The van der Waals surface area contributed by atoms with Gasteiger partial charge in [0, 0.05) is 0 Å². The van der Waals surface area contributed by atoms with Gasteiger partial charge in [-0.05, 0) is 36.0 Å². The van der Waals surface area contributed by atoms with Crippen molar-refractivity contribution in [2.24, 2.45) is 0 Å². The number of nitrogens with one attached hydrogen (secondary N) is 1. The zero-order valence-electron chi connectivity index (χ0n) is 9.01. The standard InChI is InChI=1S/C12H7ClN2OS2/c13-10-6-5-9(17-10)11(16)18-12-14-7-3-1-2-4-8(7)15-12/h1-6H,(H,14,15). The van der Waals surface area contributed by atoms with Gasteiger partial charge in [-0.2, -0.15) is 0 Å². The molecule has 3 rings (SSSR count). The molecule has 0 aliphatic rings. The van der Waals surface area contributed by atoms with Crippen LogP contribution in [0, 0.1) is 0 Å². The SMILES string of the molecule is O=C(Sc1nc2ccccc2[nH]1)c1ccc(Cl)s1. The van der Waals surface area contributed by atoms with Gasteiger partial charge in [-0.1, -0.05) is 23.7 Å². The third kappa shape index (κ3) is 2.29. The minimum atomic E-state index is -0.0500. The lowest BCUT2D eigenvalue weighted by Gasteiger charge is -1.92. The van der Waals surface area contributed by atoms with Crippen molar-refractivity contribution >= 4 is 50.8 Å². The summed E-state index contributed by atoms with van der Waals surface area (Å²) in [4.78, 5) is 20.0. The van der Waals surface area contributed by atoms with Gasteiger partial charge in [-0.15, -0.1) is 11.3 Å². The van der Waals surface area contributed by atoms with Gasteiger partial charge in [0.25, 0.3) is 0 Å². The molecule has 18 heavy (non-hydrogen) atoms. The number of fused-ring (bicyclic) bond motifs is 1. The van der Waals surface area contributed by atoms with Crippen LogP contribution in [0.3, 0.4) is 0 Å². The molecule has 0 saturated carbocycles. The van der Waals surface area contributed by atoms with Gasteiger partial charge >= 0.3 is 0 Å².